The fourth-order valence-electron chi connectivity index (χ4n) is 2.12. The quantitative estimate of drug-likeness (QED) is 0.408. The van der Waals surface area contributed by atoms with E-state index in [-0.39, 0.29) is 19.1 Å². The van der Waals surface area contributed by atoms with Crippen LogP contribution in [0.25, 0.3) is 0 Å². The van der Waals surface area contributed by atoms with Crippen LogP contribution in [0.15, 0.2) is 0 Å². The van der Waals surface area contributed by atoms with Gasteiger partial charge in [-0.05, 0) is 6.42 Å². The molecule has 2 aliphatic rings. The molecule has 0 aromatic rings. The van der Waals surface area contributed by atoms with Crippen molar-refractivity contribution in [2.75, 3.05) is 26.4 Å². The third-order valence-electron chi connectivity index (χ3n) is 3.64. The molecule has 2 rings (SSSR count). The van der Waals surface area contributed by atoms with Crippen molar-refractivity contribution in [1.29, 1.82) is 0 Å². The first-order valence-corrected chi connectivity index (χ1v) is 8.69. The van der Waals surface area contributed by atoms with Crippen LogP contribution in [0.4, 0.5) is 9.18 Å². The molecule has 0 aliphatic carbocycles. The number of aliphatic hydroxyl groups excluding tert-OH is 2. The van der Waals surface area contributed by atoms with Crippen LogP contribution >= 0.6 is 12.0 Å². The van der Waals surface area contributed by atoms with Crippen molar-refractivity contribution >= 4 is 24.1 Å². The van der Waals surface area contributed by atoms with Crippen LogP contribution in [-0.2, 0) is 23.2 Å². The lowest BCUT2D eigenvalue weighted by atomic mass is 10.1. The Labute approximate surface area is 148 Å². The molecule has 4 atom stereocenters. The molecule has 0 aromatic carbocycles. The smallest absolute Gasteiger partial charge is 0.431 e. The Hall–Kier alpha value is -1.14. The van der Waals surface area contributed by atoms with E-state index in [1.54, 1.807) is 0 Å². The lowest BCUT2D eigenvalue weighted by Gasteiger charge is -2.36. The average Bonchev–Trinajstić information content (AvgIpc) is 2.55. The molecule has 0 spiro atoms. The number of halogens is 1. The number of amides is 1. The van der Waals surface area contributed by atoms with Gasteiger partial charge in [0.05, 0.1) is 13.2 Å². The predicted molar refractivity (Wildman–Crippen MR) is 83.3 cm³/mol. The Bertz CT molecular complexity index is 478. The Balaban J connectivity index is 1.70. The molecule has 2 fully saturated rings. The van der Waals surface area contributed by atoms with Gasteiger partial charge in [0.25, 0.3) is 0 Å². The predicted octanol–water partition coefficient (Wildman–Crippen LogP) is -0.111. The summed E-state index contributed by atoms with van der Waals surface area (Å²) in [6, 6.07) is 0. The second-order valence-electron chi connectivity index (χ2n) is 5.94. The van der Waals surface area contributed by atoms with Gasteiger partial charge in [0.1, 0.15) is 36.9 Å². The van der Waals surface area contributed by atoms with Crippen molar-refractivity contribution in [3.63, 3.8) is 0 Å². The van der Waals surface area contributed by atoms with E-state index >= 15 is 0 Å². The third kappa shape index (κ3) is 5.68. The van der Waals surface area contributed by atoms with E-state index < -0.39 is 48.7 Å². The molecule has 2 heterocycles. The zero-order chi connectivity index (χ0) is 18.4. The molecule has 25 heavy (non-hydrogen) atoms. The molecule has 2 saturated heterocycles. The van der Waals surface area contributed by atoms with Crippen LogP contribution in [0.2, 0.25) is 0 Å². The second kappa shape index (κ2) is 8.99. The Kier molecular flexibility index (Phi) is 7.25. The van der Waals surface area contributed by atoms with Crippen LogP contribution in [-0.4, -0.2) is 78.1 Å². The summed E-state index contributed by atoms with van der Waals surface area (Å²) in [5, 5.41) is 21.8. The van der Waals surface area contributed by atoms with Gasteiger partial charge in [0, 0.05) is 18.5 Å². The summed E-state index contributed by atoms with van der Waals surface area (Å²) < 4.78 is 32.9. The maximum Gasteiger partial charge on any atom is 0.508 e. The fourth-order valence-corrected chi connectivity index (χ4v) is 3.01. The summed E-state index contributed by atoms with van der Waals surface area (Å²) in [5.41, 5.74) is -1.68. The maximum atomic E-state index is 13.6. The molecular weight excluding hydrogens is 361 g/mol. The summed E-state index contributed by atoms with van der Waals surface area (Å²) in [6.07, 6.45) is -3.87. The van der Waals surface area contributed by atoms with Gasteiger partial charge in [-0.2, -0.15) is 0 Å². The summed E-state index contributed by atoms with van der Waals surface area (Å²) in [4.78, 5) is 23.0. The van der Waals surface area contributed by atoms with E-state index in [0.29, 0.717) is 12.8 Å². The molecule has 144 valence electrons. The lowest BCUT2D eigenvalue weighted by molar-refractivity contribution is -0.156. The van der Waals surface area contributed by atoms with E-state index in [2.05, 4.69) is 14.8 Å². The number of carbonyl (C=O) groups is 2. The summed E-state index contributed by atoms with van der Waals surface area (Å²) in [7, 11) is 0. The van der Waals surface area contributed by atoms with Crippen molar-refractivity contribution < 1.29 is 42.6 Å². The van der Waals surface area contributed by atoms with Gasteiger partial charge >= 0.3 is 6.16 Å². The highest BCUT2D eigenvalue weighted by atomic mass is 32.2. The van der Waals surface area contributed by atoms with Gasteiger partial charge in [-0.3, -0.25) is 4.79 Å². The molecule has 0 radical (unpaired) electrons. The van der Waals surface area contributed by atoms with Crippen molar-refractivity contribution in [1.82, 2.24) is 5.32 Å². The molecule has 1 amide bonds. The molecule has 9 nitrogen and oxygen atoms in total. The van der Waals surface area contributed by atoms with Crippen LogP contribution in [0, 0.1) is 0 Å². The van der Waals surface area contributed by atoms with Crippen molar-refractivity contribution in [3.8, 4) is 0 Å². The zero-order valence-corrected chi connectivity index (χ0v) is 14.5. The van der Waals surface area contributed by atoms with Crippen LogP contribution in [0.3, 0.4) is 0 Å². The minimum absolute atomic E-state index is 0.140. The van der Waals surface area contributed by atoms with Crippen molar-refractivity contribution in [2.45, 2.75) is 49.1 Å². The molecule has 0 unspecified atom stereocenters. The average molecular weight is 383 g/mol. The van der Waals surface area contributed by atoms with E-state index in [0.717, 1.165) is 12.0 Å². The number of hydrogen-bond donors (Lipinski definition) is 3. The van der Waals surface area contributed by atoms with Gasteiger partial charge in [0.2, 0.25) is 5.91 Å². The van der Waals surface area contributed by atoms with Gasteiger partial charge in [-0.25, -0.2) is 9.18 Å². The largest absolute Gasteiger partial charge is 0.508 e. The minimum atomic E-state index is -1.68. The molecule has 11 heteroatoms. The number of nitrogens with one attached hydrogen (secondary N) is 1. The Morgan fingerprint density at radius 1 is 1.32 bits per heavy atom. The number of hydrogen-bond acceptors (Lipinski definition) is 9. The molecule has 0 aromatic heterocycles. The van der Waals surface area contributed by atoms with Gasteiger partial charge < -0.3 is 33.9 Å². The Morgan fingerprint density at radius 2 is 2.04 bits per heavy atom. The first-order chi connectivity index (χ1) is 11.8. The first-order valence-electron chi connectivity index (χ1n) is 7.88. The van der Waals surface area contributed by atoms with Gasteiger partial charge in [-0.15, -0.1) is 0 Å². The number of ether oxygens (including phenoxy) is 3. The minimum Gasteiger partial charge on any atom is -0.431 e. The topological polar surface area (TPSA) is 124 Å². The maximum absolute atomic E-state index is 13.6. The van der Waals surface area contributed by atoms with E-state index in [4.69, 9.17) is 8.92 Å². The number of aliphatic hydroxyl groups is 2. The fraction of sp³-hybridized carbons (Fsp3) is 0.857. The van der Waals surface area contributed by atoms with Gasteiger partial charge in [0.15, 0.2) is 5.67 Å². The first kappa shape index (κ1) is 20.2. The summed E-state index contributed by atoms with van der Waals surface area (Å²) in [6.45, 7) is 0.681. The van der Waals surface area contributed by atoms with Crippen molar-refractivity contribution in [2.24, 2.45) is 0 Å². The summed E-state index contributed by atoms with van der Waals surface area (Å²) >= 11 is 0.769. The van der Waals surface area contributed by atoms with Crippen LogP contribution in [0.5, 0.6) is 0 Å². The van der Waals surface area contributed by atoms with Crippen LogP contribution < -0.4 is 5.32 Å². The third-order valence-corrected chi connectivity index (χ3v) is 4.60. The number of rotatable bonds is 7. The SMILES string of the molecule is CCCC(=O)N[C@H]1SO[C@H](COC(=O)OCC2(F)COC2)[C@@H](O)[C@@H]1O. The summed E-state index contributed by atoms with van der Waals surface area (Å²) in [5.74, 6) is -0.270. The normalized spacial score (nSPS) is 30.9. The second-order valence-corrected chi connectivity index (χ2v) is 6.84. The number of carbonyl (C=O) groups excluding carboxylic acids is 2. The van der Waals surface area contributed by atoms with E-state index in [1.807, 2.05) is 6.92 Å². The molecule has 0 saturated carbocycles. The molecular formula is C14H22FNO8S. The standard InChI is InChI=1S/C14H22FNO8S/c1-2-3-9(17)16-12-11(19)10(18)8(24-25-12)4-22-13(20)23-7-14(15)5-21-6-14/h8,10-12,18-19H,2-7H2,1H3,(H,16,17)/t8-,10-,11+,12+/m1/s1. The lowest BCUT2D eigenvalue weighted by Crippen LogP contribution is -2.55. The molecule has 0 bridgehead atoms. The van der Waals surface area contributed by atoms with E-state index in [9.17, 15) is 24.2 Å². The van der Waals surface area contributed by atoms with Crippen LogP contribution in [0.1, 0.15) is 19.8 Å². The van der Waals surface area contributed by atoms with Crippen molar-refractivity contribution in [3.05, 3.63) is 0 Å². The highest BCUT2D eigenvalue weighted by molar-refractivity contribution is 7.95. The molecule has 2 aliphatic heterocycles. The highest BCUT2D eigenvalue weighted by Gasteiger charge is 2.42. The van der Waals surface area contributed by atoms with E-state index in [1.165, 1.54) is 0 Å². The highest BCUT2D eigenvalue weighted by Crippen LogP contribution is 2.28. The monoisotopic (exact) mass is 383 g/mol. The number of alkyl halides is 1. The Morgan fingerprint density at radius 3 is 2.64 bits per heavy atom. The zero-order valence-electron chi connectivity index (χ0n) is 13.7. The molecule has 3 N–H and O–H groups in total. The van der Waals surface area contributed by atoms with Gasteiger partial charge in [-0.1, -0.05) is 6.92 Å².